The number of allylic oxidation sites excluding steroid dienone is 3. The van der Waals surface area contributed by atoms with Crippen molar-refractivity contribution in [3.63, 3.8) is 0 Å². The van der Waals surface area contributed by atoms with Gasteiger partial charge in [0.15, 0.2) is 5.78 Å². The van der Waals surface area contributed by atoms with Crippen molar-refractivity contribution >= 4 is 23.1 Å². The third kappa shape index (κ3) is 12.5. The average molecular weight is 391 g/mol. The molecule has 0 aromatic carbocycles. The Bertz CT molecular complexity index is 581. The van der Waals surface area contributed by atoms with Gasteiger partial charge in [-0.3, -0.25) is 19.2 Å². The van der Waals surface area contributed by atoms with Crippen LogP contribution in [0.4, 0.5) is 0 Å². The number of unbranched alkanes of at least 4 members (excludes halogenated alkanes) is 1. The van der Waals surface area contributed by atoms with E-state index < -0.39 is 5.92 Å². The predicted octanol–water partition coefficient (Wildman–Crippen LogP) is 5.44. The van der Waals surface area contributed by atoms with Gasteiger partial charge < -0.3 is 0 Å². The number of hydrogen-bond acceptors (Lipinski definition) is 4. The molecule has 0 bridgehead atoms. The summed E-state index contributed by atoms with van der Waals surface area (Å²) in [6.07, 6.45) is 7.55. The maximum Gasteiger partial charge on any atom is 0.156 e. The van der Waals surface area contributed by atoms with Crippen LogP contribution >= 0.6 is 0 Å². The lowest BCUT2D eigenvalue weighted by atomic mass is 9.87. The summed E-state index contributed by atoms with van der Waals surface area (Å²) in [4.78, 5) is 48.4. The minimum atomic E-state index is -0.411. The van der Waals surface area contributed by atoms with Gasteiger partial charge in [0.05, 0.1) is 0 Å². The number of rotatable bonds is 16. The molecule has 158 valence electrons. The molecule has 0 heterocycles. The second-order valence-electron chi connectivity index (χ2n) is 8.40. The van der Waals surface area contributed by atoms with Crippen molar-refractivity contribution in [3.8, 4) is 0 Å². The molecule has 4 nitrogen and oxygen atoms in total. The number of Topliss-reactive ketones (excluding diaryl/α,β-unsaturated/α-hetero) is 3. The highest BCUT2D eigenvalue weighted by Gasteiger charge is 2.23. The van der Waals surface area contributed by atoms with Gasteiger partial charge in [0, 0.05) is 43.9 Å². The molecule has 3 atom stereocenters. The van der Waals surface area contributed by atoms with E-state index in [4.69, 9.17) is 0 Å². The van der Waals surface area contributed by atoms with Gasteiger partial charge in [-0.05, 0) is 45.1 Å². The van der Waals surface area contributed by atoms with Gasteiger partial charge in [0.1, 0.15) is 17.3 Å². The second-order valence-corrected chi connectivity index (χ2v) is 8.40. The first-order valence-electron chi connectivity index (χ1n) is 10.4. The summed E-state index contributed by atoms with van der Waals surface area (Å²) in [5, 5.41) is 0. The monoisotopic (exact) mass is 390 g/mol. The molecule has 0 aliphatic carbocycles. The first kappa shape index (κ1) is 26.2. The molecule has 28 heavy (non-hydrogen) atoms. The molecule has 0 N–H and O–H groups in total. The zero-order valence-electron chi connectivity index (χ0n) is 18.4. The van der Waals surface area contributed by atoms with E-state index in [1.54, 1.807) is 13.8 Å². The number of hydrogen-bond donors (Lipinski definition) is 0. The number of carbonyl (C=O) groups excluding carboxylic acids is 4. The predicted molar refractivity (Wildman–Crippen MR) is 114 cm³/mol. The standard InChI is InChI=1S/C24H38O4/c1-7-8-9-10-18(4)14-23(27)20(6)16-24(28)19(5)15-22(26)12-11-21(25)13-17(2)3/h7,13,18-20H,1,8-12,14-16H2,2-6H3/t18-,19+,20-/m1/s1. The molecule has 0 aromatic heterocycles. The molecule has 0 fully saturated rings. The molecule has 0 saturated carbocycles. The second kappa shape index (κ2) is 14.2. The van der Waals surface area contributed by atoms with E-state index in [2.05, 4.69) is 13.5 Å². The van der Waals surface area contributed by atoms with Gasteiger partial charge >= 0.3 is 0 Å². The summed E-state index contributed by atoms with van der Waals surface area (Å²) in [7, 11) is 0. The molecule has 4 heteroatoms. The summed E-state index contributed by atoms with van der Waals surface area (Å²) in [6, 6.07) is 0. The van der Waals surface area contributed by atoms with Crippen molar-refractivity contribution in [2.45, 2.75) is 86.0 Å². The number of carbonyl (C=O) groups is 4. The van der Waals surface area contributed by atoms with Crippen molar-refractivity contribution < 1.29 is 19.2 Å². The molecule has 0 rings (SSSR count). The van der Waals surface area contributed by atoms with Crippen LogP contribution in [-0.4, -0.2) is 23.1 Å². The van der Waals surface area contributed by atoms with Crippen LogP contribution in [-0.2, 0) is 19.2 Å². The van der Waals surface area contributed by atoms with E-state index in [1.807, 2.05) is 19.9 Å². The molecular formula is C24H38O4. The molecule has 0 amide bonds. The van der Waals surface area contributed by atoms with Crippen LogP contribution in [0.3, 0.4) is 0 Å². The van der Waals surface area contributed by atoms with Gasteiger partial charge in [-0.15, -0.1) is 6.58 Å². The highest BCUT2D eigenvalue weighted by Crippen LogP contribution is 2.19. The fraction of sp³-hybridized carbons (Fsp3) is 0.667. The fourth-order valence-corrected chi connectivity index (χ4v) is 3.09. The summed E-state index contributed by atoms with van der Waals surface area (Å²) in [5.74, 6) is -0.491. The lowest BCUT2D eigenvalue weighted by Crippen LogP contribution is -2.22. The van der Waals surface area contributed by atoms with Crippen molar-refractivity contribution in [3.05, 3.63) is 24.3 Å². The summed E-state index contributed by atoms with van der Waals surface area (Å²) < 4.78 is 0. The molecule has 0 radical (unpaired) electrons. The highest BCUT2D eigenvalue weighted by atomic mass is 16.1. The Morgan fingerprint density at radius 2 is 1.43 bits per heavy atom. The zero-order chi connectivity index (χ0) is 21.7. The van der Waals surface area contributed by atoms with Crippen molar-refractivity contribution in [2.24, 2.45) is 17.8 Å². The van der Waals surface area contributed by atoms with Crippen LogP contribution in [0.1, 0.15) is 86.0 Å². The van der Waals surface area contributed by atoms with Crippen LogP contribution in [0.2, 0.25) is 0 Å². The third-order valence-electron chi connectivity index (χ3n) is 4.90. The first-order valence-corrected chi connectivity index (χ1v) is 10.4. The molecule has 0 saturated heterocycles. The third-order valence-corrected chi connectivity index (χ3v) is 4.90. The van der Waals surface area contributed by atoms with E-state index in [9.17, 15) is 19.2 Å². The summed E-state index contributed by atoms with van der Waals surface area (Å²) in [5.41, 5.74) is 0.912. The van der Waals surface area contributed by atoms with Crippen LogP contribution in [0.15, 0.2) is 24.3 Å². The molecule has 0 spiro atoms. The molecular weight excluding hydrogens is 352 g/mol. The zero-order valence-corrected chi connectivity index (χ0v) is 18.4. The van der Waals surface area contributed by atoms with Crippen LogP contribution in [0.25, 0.3) is 0 Å². The molecule has 0 aliphatic heterocycles. The van der Waals surface area contributed by atoms with Gasteiger partial charge in [-0.2, -0.15) is 0 Å². The van der Waals surface area contributed by atoms with E-state index in [0.29, 0.717) is 12.3 Å². The smallest absolute Gasteiger partial charge is 0.156 e. The Morgan fingerprint density at radius 1 is 0.857 bits per heavy atom. The Kier molecular flexibility index (Phi) is 13.3. The highest BCUT2D eigenvalue weighted by molar-refractivity contribution is 5.95. The molecule has 0 aliphatic rings. The van der Waals surface area contributed by atoms with E-state index in [1.165, 1.54) is 6.08 Å². The maximum atomic E-state index is 12.4. The fourth-order valence-electron chi connectivity index (χ4n) is 3.09. The lowest BCUT2D eigenvalue weighted by Gasteiger charge is -2.16. The Hall–Kier alpha value is -1.84. The van der Waals surface area contributed by atoms with Gasteiger partial charge in [-0.25, -0.2) is 0 Å². The van der Waals surface area contributed by atoms with E-state index in [0.717, 1.165) is 24.8 Å². The van der Waals surface area contributed by atoms with E-state index in [-0.39, 0.29) is 54.7 Å². The Balaban J connectivity index is 4.31. The van der Waals surface area contributed by atoms with Crippen LogP contribution in [0.5, 0.6) is 0 Å². The van der Waals surface area contributed by atoms with Crippen molar-refractivity contribution in [1.82, 2.24) is 0 Å². The lowest BCUT2D eigenvalue weighted by molar-refractivity contribution is -0.131. The minimum absolute atomic E-state index is 0.0517. The normalized spacial score (nSPS) is 13.9. The number of ketones is 4. The summed E-state index contributed by atoms with van der Waals surface area (Å²) in [6.45, 7) is 13.0. The van der Waals surface area contributed by atoms with Crippen molar-refractivity contribution in [1.29, 1.82) is 0 Å². The average Bonchev–Trinajstić information content (AvgIpc) is 2.59. The SMILES string of the molecule is C=CCCC[C@@H](C)CC(=O)[C@H](C)CC(=O)[C@@H](C)CC(=O)CCC(=O)C=C(C)C. The minimum Gasteiger partial charge on any atom is -0.300 e. The van der Waals surface area contributed by atoms with Gasteiger partial charge in [-0.1, -0.05) is 32.4 Å². The quantitative estimate of drug-likeness (QED) is 0.200. The Morgan fingerprint density at radius 3 is 2.00 bits per heavy atom. The van der Waals surface area contributed by atoms with Gasteiger partial charge in [0.2, 0.25) is 0 Å². The molecule has 0 aromatic rings. The van der Waals surface area contributed by atoms with Gasteiger partial charge in [0.25, 0.3) is 0 Å². The largest absolute Gasteiger partial charge is 0.300 e. The summed E-state index contributed by atoms with van der Waals surface area (Å²) >= 11 is 0. The molecule has 0 unspecified atom stereocenters. The Labute approximate surface area is 170 Å². The topological polar surface area (TPSA) is 68.3 Å². The van der Waals surface area contributed by atoms with Crippen LogP contribution in [0, 0.1) is 17.8 Å². The van der Waals surface area contributed by atoms with E-state index >= 15 is 0 Å². The first-order chi connectivity index (χ1) is 13.1. The van der Waals surface area contributed by atoms with Crippen molar-refractivity contribution in [2.75, 3.05) is 0 Å². The maximum absolute atomic E-state index is 12.4. The van der Waals surface area contributed by atoms with Crippen LogP contribution < -0.4 is 0 Å².